The minimum Gasteiger partial charge on any atom is -0.507 e. The van der Waals surface area contributed by atoms with Crippen molar-refractivity contribution in [3.8, 4) is 5.75 Å². The molecule has 1 aromatic carbocycles. The van der Waals surface area contributed by atoms with Gasteiger partial charge < -0.3 is 10.4 Å². The Kier molecular flexibility index (Phi) is 6.22. The quantitative estimate of drug-likeness (QED) is 0.478. The van der Waals surface area contributed by atoms with Crippen LogP contribution in [0.15, 0.2) is 24.3 Å². The third-order valence-corrected chi connectivity index (χ3v) is 3.01. The second kappa shape index (κ2) is 7.49. The summed E-state index contributed by atoms with van der Waals surface area (Å²) >= 11 is 2.35. The third-order valence-electron chi connectivity index (χ3n) is 2.24. The average Bonchev–Trinajstić information content (AvgIpc) is 2.29. The molecule has 0 heterocycles. The fourth-order valence-corrected chi connectivity index (χ4v) is 1.90. The molecule has 0 radical (unpaired) electrons. The van der Waals surface area contributed by atoms with E-state index in [2.05, 4.69) is 27.9 Å². The van der Waals surface area contributed by atoms with Crippen LogP contribution >= 0.6 is 22.6 Å². The normalized spacial score (nSPS) is 10.1. The molecule has 1 aromatic rings. The van der Waals surface area contributed by atoms with E-state index in [0.29, 0.717) is 12.1 Å². The van der Waals surface area contributed by atoms with Crippen LogP contribution in [0.4, 0.5) is 0 Å². The molecule has 0 aliphatic heterocycles. The fourth-order valence-electron chi connectivity index (χ4n) is 1.36. The van der Waals surface area contributed by atoms with Crippen molar-refractivity contribution in [3.63, 3.8) is 0 Å². The highest BCUT2D eigenvalue weighted by molar-refractivity contribution is 14.1. The maximum atomic E-state index is 11.6. The lowest BCUT2D eigenvalue weighted by molar-refractivity contribution is 0.0950. The number of amides is 1. The van der Waals surface area contributed by atoms with Crippen LogP contribution < -0.4 is 5.32 Å². The molecule has 3 nitrogen and oxygen atoms in total. The largest absolute Gasteiger partial charge is 0.507 e. The summed E-state index contributed by atoms with van der Waals surface area (Å²) in [5.41, 5.74) is 0.344. The van der Waals surface area contributed by atoms with Gasteiger partial charge in [-0.25, -0.2) is 0 Å². The van der Waals surface area contributed by atoms with E-state index in [0.717, 1.165) is 17.3 Å². The second-order valence-electron chi connectivity index (χ2n) is 3.52. The number of carbonyl (C=O) groups is 1. The Labute approximate surface area is 109 Å². The second-order valence-corrected chi connectivity index (χ2v) is 4.60. The lowest BCUT2D eigenvalue weighted by atomic mass is 10.2. The summed E-state index contributed by atoms with van der Waals surface area (Å²) in [7, 11) is 0. The molecular formula is C12H16INO2. The molecule has 1 amide bonds. The third kappa shape index (κ3) is 4.38. The monoisotopic (exact) mass is 333 g/mol. The fraction of sp³-hybridized carbons (Fsp3) is 0.417. The number of carbonyl (C=O) groups excluding carboxylic acids is 1. The highest BCUT2D eigenvalue weighted by Crippen LogP contribution is 2.14. The lowest BCUT2D eigenvalue weighted by Gasteiger charge is -2.06. The number of unbranched alkanes of at least 4 members (excludes halogenated alkanes) is 2. The topological polar surface area (TPSA) is 49.3 Å². The SMILES string of the molecule is O=C(NCCCCCI)c1ccccc1O. The number of phenolic OH excluding ortho intramolecular Hbond substituents is 1. The van der Waals surface area contributed by atoms with Crippen molar-refractivity contribution in [1.29, 1.82) is 0 Å². The Morgan fingerprint density at radius 3 is 2.69 bits per heavy atom. The van der Waals surface area contributed by atoms with Gasteiger partial charge >= 0.3 is 0 Å². The molecule has 88 valence electrons. The van der Waals surface area contributed by atoms with E-state index in [9.17, 15) is 9.90 Å². The standard InChI is InChI=1S/C12H16INO2/c13-8-4-1-5-9-14-12(16)10-6-2-3-7-11(10)15/h2-3,6-7,15H,1,4-5,8-9H2,(H,14,16). The number of rotatable bonds is 6. The van der Waals surface area contributed by atoms with E-state index in [4.69, 9.17) is 0 Å². The Morgan fingerprint density at radius 2 is 2.00 bits per heavy atom. The molecule has 0 bridgehead atoms. The average molecular weight is 333 g/mol. The molecule has 0 atom stereocenters. The van der Waals surface area contributed by atoms with E-state index in [-0.39, 0.29) is 11.7 Å². The van der Waals surface area contributed by atoms with Crippen molar-refractivity contribution in [2.45, 2.75) is 19.3 Å². The molecular weight excluding hydrogens is 317 g/mol. The number of aromatic hydroxyl groups is 1. The van der Waals surface area contributed by atoms with Gasteiger partial charge in [-0.05, 0) is 29.4 Å². The number of benzene rings is 1. The number of nitrogens with one attached hydrogen (secondary N) is 1. The zero-order valence-corrected chi connectivity index (χ0v) is 11.2. The zero-order chi connectivity index (χ0) is 11.8. The number of halogens is 1. The number of hydrogen-bond donors (Lipinski definition) is 2. The van der Waals surface area contributed by atoms with E-state index in [1.165, 1.54) is 12.5 Å². The minimum atomic E-state index is -0.201. The number of hydrogen-bond acceptors (Lipinski definition) is 2. The van der Waals surface area contributed by atoms with Gasteiger partial charge in [-0.15, -0.1) is 0 Å². The molecule has 0 aromatic heterocycles. The van der Waals surface area contributed by atoms with Crippen molar-refractivity contribution in [2.75, 3.05) is 11.0 Å². The van der Waals surface area contributed by atoms with Crippen LogP contribution in [-0.4, -0.2) is 22.0 Å². The number of phenols is 1. The summed E-state index contributed by atoms with van der Waals surface area (Å²) in [6.07, 6.45) is 3.30. The first-order valence-corrected chi connectivity index (χ1v) is 6.90. The molecule has 1 rings (SSSR count). The summed E-state index contributed by atoms with van der Waals surface area (Å²) in [6.45, 7) is 0.670. The maximum Gasteiger partial charge on any atom is 0.255 e. The minimum absolute atomic E-state index is 0.0345. The first kappa shape index (κ1) is 13.3. The summed E-state index contributed by atoms with van der Waals surface area (Å²) in [5, 5.41) is 12.3. The molecule has 2 N–H and O–H groups in total. The summed E-state index contributed by atoms with van der Waals surface area (Å²) < 4.78 is 1.16. The molecule has 0 aliphatic carbocycles. The van der Waals surface area contributed by atoms with Crippen LogP contribution in [0.2, 0.25) is 0 Å². The van der Waals surface area contributed by atoms with Crippen LogP contribution in [-0.2, 0) is 0 Å². The lowest BCUT2D eigenvalue weighted by Crippen LogP contribution is -2.24. The van der Waals surface area contributed by atoms with Gasteiger partial charge in [0.25, 0.3) is 5.91 Å². The Balaban J connectivity index is 2.33. The molecule has 0 unspecified atom stereocenters. The van der Waals surface area contributed by atoms with Gasteiger partial charge in [0.2, 0.25) is 0 Å². The Bertz CT molecular complexity index is 342. The predicted molar refractivity (Wildman–Crippen MR) is 73.2 cm³/mol. The van der Waals surface area contributed by atoms with E-state index in [1.54, 1.807) is 18.2 Å². The predicted octanol–water partition coefficient (Wildman–Crippen LogP) is 2.73. The van der Waals surface area contributed by atoms with Gasteiger partial charge in [0.1, 0.15) is 5.75 Å². The van der Waals surface area contributed by atoms with Crippen molar-refractivity contribution in [2.24, 2.45) is 0 Å². The van der Waals surface area contributed by atoms with Crippen molar-refractivity contribution >= 4 is 28.5 Å². The van der Waals surface area contributed by atoms with Crippen LogP contribution in [0.3, 0.4) is 0 Å². The zero-order valence-electron chi connectivity index (χ0n) is 9.08. The van der Waals surface area contributed by atoms with Gasteiger partial charge in [-0.2, -0.15) is 0 Å². The van der Waals surface area contributed by atoms with E-state index in [1.807, 2.05) is 0 Å². The maximum absolute atomic E-state index is 11.6. The molecule has 16 heavy (non-hydrogen) atoms. The number of para-hydroxylation sites is 1. The summed E-state index contributed by atoms with van der Waals surface area (Å²) in [4.78, 5) is 11.6. The highest BCUT2D eigenvalue weighted by Gasteiger charge is 2.08. The summed E-state index contributed by atoms with van der Waals surface area (Å²) in [6, 6.07) is 6.58. The first-order chi connectivity index (χ1) is 7.75. The summed E-state index contributed by atoms with van der Waals surface area (Å²) in [5.74, 6) is -0.167. The van der Waals surface area contributed by atoms with Gasteiger partial charge in [-0.1, -0.05) is 41.1 Å². The van der Waals surface area contributed by atoms with Gasteiger partial charge in [0.05, 0.1) is 5.56 Å². The highest BCUT2D eigenvalue weighted by atomic mass is 127. The molecule has 0 saturated heterocycles. The van der Waals surface area contributed by atoms with Gasteiger partial charge in [0.15, 0.2) is 0 Å². The molecule has 4 heteroatoms. The molecule has 0 aliphatic rings. The first-order valence-electron chi connectivity index (χ1n) is 5.38. The smallest absolute Gasteiger partial charge is 0.255 e. The van der Waals surface area contributed by atoms with Crippen LogP contribution in [0.1, 0.15) is 29.6 Å². The van der Waals surface area contributed by atoms with Crippen LogP contribution in [0.25, 0.3) is 0 Å². The van der Waals surface area contributed by atoms with Crippen molar-refractivity contribution < 1.29 is 9.90 Å². The van der Waals surface area contributed by atoms with Crippen LogP contribution in [0, 0.1) is 0 Å². The van der Waals surface area contributed by atoms with Gasteiger partial charge in [0, 0.05) is 6.54 Å². The Hall–Kier alpha value is -0.780. The van der Waals surface area contributed by atoms with Crippen LogP contribution in [0.5, 0.6) is 5.75 Å². The van der Waals surface area contributed by atoms with Gasteiger partial charge in [-0.3, -0.25) is 4.79 Å². The van der Waals surface area contributed by atoms with E-state index >= 15 is 0 Å². The molecule has 0 spiro atoms. The Morgan fingerprint density at radius 1 is 1.25 bits per heavy atom. The number of alkyl halides is 1. The molecule has 0 fully saturated rings. The molecule has 0 saturated carbocycles. The van der Waals surface area contributed by atoms with Crippen molar-refractivity contribution in [3.05, 3.63) is 29.8 Å². The van der Waals surface area contributed by atoms with Crippen molar-refractivity contribution in [1.82, 2.24) is 5.32 Å². The van der Waals surface area contributed by atoms with E-state index < -0.39 is 0 Å².